The normalized spacial score (nSPS) is 16.0. The summed E-state index contributed by atoms with van der Waals surface area (Å²) in [7, 11) is 0. The number of hydrogen-bond acceptors (Lipinski definition) is 3. The number of rotatable bonds is 7. The first-order valence-electron chi connectivity index (χ1n) is 7.82. The van der Waals surface area contributed by atoms with Crippen LogP contribution in [0.5, 0.6) is 0 Å². The van der Waals surface area contributed by atoms with Crippen LogP contribution in [0.4, 0.5) is 4.79 Å². The van der Waals surface area contributed by atoms with Crippen LogP contribution in [0.2, 0.25) is 0 Å². The zero-order valence-corrected chi connectivity index (χ0v) is 12.8. The van der Waals surface area contributed by atoms with Gasteiger partial charge in [0.05, 0.1) is 6.04 Å². The topological polar surface area (TPSA) is 55.4 Å². The van der Waals surface area contributed by atoms with Gasteiger partial charge in [0.2, 0.25) is 0 Å². The fourth-order valence-electron chi connectivity index (χ4n) is 2.81. The van der Waals surface area contributed by atoms with Gasteiger partial charge in [-0.05, 0) is 24.8 Å². The number of carbonyl (C=O) groups is 2. The summed E-state index contributed by atoms with van der Waals surface area (Å²) in [6.07, 6.45) is 5.58. The summed E-state index contributed by atoms with van der Waals surface area (Å²) in [6, 6.07) is 8.94. The lowest BCUT2D eigenvalue weighted by Crippen LogP contribution is -2.43. The van der Waals surface area contributed by atoms with Crippen LogP contribution in [0.25, 0.3) is 0 Å². The van der Waals surface area contributed by atoms with Gasteiger partial charge in [-0.3, -0.25) is 4.79 Å². The van der Waals surface area contributed by atoms with Crippen molar-refractivity contribution in [2.45, 2.75) is 44.8 Å². The van der Waals surface area contributed by atoms with Gasteiger partial charge in [-0.1, -0.05) is 49.2 Å². The summed E-state index contributed by atoms with van der Waals surface area (Å²) < 4.78 is 5.18. The summed E-state index contributed by atoms with van der Waals surface area (Å²) in [4.78, 5) is 24.3. The Morgan fingerprint density at radius 1 is 1.27 bits per heavy atom. The monoisotopic (exact) mass is 301 g/mol. The lowest BCUT2D eigenvalue weighted by molar-refractivity contribution is -0.124. The van der Waals surface area contributed by atoms with Gasteiger partial charge in [0.1, 0.15) is 6.61 Å². The predicted octanol–water partition coefficient (Wildman–Crippen LogP) is 3.62. The van der Waals surface area contributed by atoms with Crippen LogP contribution >= 0.6 is 0 Å². The van der Waals surface area contributed by atoms with Crippen molar-refractivity contribution >= 4 is 11.9 Å². The molecule has 1 aliphatic carbocycles. The van der Waals surface area contributed by atoms with Gasteiger partial charge in [0, 0.05) is 5.92 Å². The fourth-order valence-corrected chi connectivity index (χ4v) is 2.81. The molecule has 0 aromatic heterocycles. The second-order valence-electron chi connectivity index (χ2n) is 5.67. The zero-order valence-electron chi connectivity index (χ0n) is 12.8. The first kappa shape index (κ1) is 16.3. The third kappa shape index (κ3) is 4.72. The van der Waals surface area contributed by atoms with Crippen LogP contribution in [0.3, 0.4) is 0 Å². The number of benzene rings is 1. The van der Waals surface area contributed by atoms with E-state index >= 15 is 0 Å². The molecule has 0 radical (unpaired) electrons. The number of carbonyl (C=O) groups excluding carboxylic acids is 2. The molecule has 4 nitrogen and oxygen atoms in total. The maximum absolute atomic E-state index is 12.4. The van der Waals surface area contributed by atoms with Gasteiger partial charge >= 0.3 is 6.09 Å². The SMILES string of the molecule is C=CCC(NC(=O)OCc1ccccc1)C(=O)C1CCCC1. The second-order valence-corrected chi connectivity index (χ2v) is 5.67. The smallest absolute Gasteiger partial charge is 0.408 e. The van der Waals surface area contributed by atoms with Gasteiger partial charge in [0.15, 0.2) is 5.78 Å². The van der Waals surface area contributed by atoms with E-state index in [1.165, 1.54) is 0 Å². The maximum atomic E-state index is 12.4. The Labute approximate surface area is 131 Å². The van der Waals surface area contributed by atoms with Gasteiger partial charge in [-0.25, -0.2) is 4.79 Å². The molecule has 22 heavy (non-hydrogen) atoms. The molecule has 1 unspecified atom stereocenters. The number of Topliss-reactive ketones (excluding diaryl/α,β-unsaturated/α-hetero) is 1. The van der Waals surface area contributed by atoms with Crippen molar-refractivity contribution in [3.8, 4) is 0 Å². The zero-order chi connectivity index (χ0) is 15.8. The molecular formula is C18H23NO3. The molecular weight excluding hydrogens is 278 g/mol. The molecule has 1 aromatic carbocycles. The average molecular weight is 301 g/mol. The van der Waals surface area contributed by atoms with Crippen molar-refractivity contribution in [1.29, 1.82) is 0 Å². The fraction of sp³-hybridized carbons (Fsp3) is 0.444. The van der Waals surface area contributed by atoms with E-state index in [0.29, 0.717) is 6.42 Å². The molecule has 4 heteroatoms. The highest BCUT2D eigenvalue weighted by Crippen LogP contribution is 2.27. The molecule has 1 saturated carbocycles. The number of ketones is 1. The molecule has 1 amide bonds. The minimum atomic E-state index is -0.554. The van der Waals surface area contributed by atoms with Crippen LogP contribution in [0, 0.1) is 5.92 Å². The summed E-state index contributed by atoms with van der Waals surface area (Å²) in [5.74, 6) is 0.174. The second kappa shape index (κ2) is 8.37. The number of hydrogen-bond donors (Lipinski definition) is 1. The summed E-state index contributed by atoms with van der Waals surface area (Å²) in [5.41, 5.74) is 0.917. The molecule has 0 bridgehead atoms. The Morgan fingerprint density at radius 3 is 2.59 bits per heavy atom. The van der Waals surface area contributed by atoms with Gasteiger partial charge in [0.25, 0.3) is 0 Å². The van der Waals surface area contributed by atoms with Gasteiger partial charge in [-0.15, -0.1) is 6.58 Å². The van der Waals surface area contributed by atoms with E-state index in [4.69, 9.17) is 4.74 Å². The molecule has 1 aliphatic rings. The van der Waals surface area contributed by atoms with Crippen LogP contribution in [0.15, 0.2) is 43.0 Å². The van der Waals surface area contributed by atoms with Crippen LogP contribution in [0.1, 0.15) is 37.7 Å². The molecule has 1 aromatic rings. The van der Waals surface area contributed by atoms with Crippen LogP contribution in [-0.2, 0) is 16.1 Å². The van der Waals surface area contributed by atoms with Crippen molar-refractivity contribution in [1.82, 2.24) is 5.32 Å². The molecule has 0 heterocycles. The first-order valence-corrected chi connectivity index (χ1v) is 7.82. The Hall–Kier alpha value is -2.10. The van der Waals surface area contributed by atoms with Crippen molar-refractivity contribution in [3.63, 3.8) is 0 Å². The molecule has 0 spiro atoms. The molecule has 0 saturated heterocycles. The number of nitrogens with one attached hydrogen (secondary N) is 1. The highest BCUT2D eigenvalue weighted by molar-refractivity contribution is 5.89. The lowest BCUT2D eigenvalue weighted by atomic mass is 9.95. The largest absolute Gasteiger partial charge is 0.445 e. The number of alkyl carbamates (subject to hydrolysis) is 1. The minimum Gasteiger partial charge on any atom is -0.445 e. The van der Waals surface area contributed by atoms with E-state index in [0.717, 1.165) is 31.2 Å². The molecule has 1 N–H and O–H groups in total. The summed E-state index contributed by atoms with van der Waals surface area (Å²) >= 11 is 0. The Balaban J connectivity index is 1.85. The van der Waals surface area contributed by atoms with E-state index in [1.807, 2.05) is 30.3 Å². The van der Waals surface area contributed by atoms with E-state index < -0.39 is 12.1 Å². The van der Waals surface area contributed by atoms with Crippen LogP contribution < -0.4 is 5.32 Å². The Morgan fingerprint density at radius 2 is 1.95 bits per heavy atom. The number of ether oxygens (including phenoxy) is 1. The van der Waals surface area contributed by atoms with E-state index in [9.17, 15) is 9.59 Å². The number of amides is 1. The highest BCUT2D eigenvalue weighted by atomic mass is 16.5. The highest BCUT2D eigenvalue weighted by Gasteiger charge is 2.29. The molecule has 1 fully saturated rings. The van der Waals surface area contributed by atoms with Crippen molar-refractivity contribution < 1.29 is 14.3 Å². The van der Waals surface area contributed by atoms with Crippen LogP contribution in [-0.4, -0.2) is 17.9 Å². The average Bonchev–Trinajstić information content (AvgIpc) is 3.07. The van der Waals surface area contributed by atoms with E-state index in [2.05, 4.69) is 11.9 Å². The Kier molecular flexibility index (Phi) is 6.19. The van der Waals surface area contributed by atoms with Gasteiger partial charge < -0.3 is 10.1 Å². The molecule has 1 atom stereocenters. The van der Waals surface area contributed by atoms with E-state index in [-0.39, 0.29) is 18.3 Å². The third-order valence-corrected chi connectivity index (χ3v) is 4.01. The predicted molar refractivity (Wildman–Crippen MR) is 85.3 cm³/mol. The molecule has 0 aliphatic heterocycles. The quantitative estimate of drug-likeness (QED) is 0.783. The third-order valence-electron chi connectivity index (χ3n) is 4.01. The summed E-state index contributed by atoms with van der Waals surface area (Å²) in [5, 5.41) is 2.68. The molecule has 2 rings (SSSR count). The van der Waals surface area contributed by atoms with Crippen molar-refractivity contribution in [3.05, 3.63) is 48.6 Å². The summed E-state index contributed by atoms with van der Waals surface area (Å²) in [6.45, 7) is 3.87. The maximum Gasteiger partial charge on any atom is 0.408 e. The van der Waals surface area contributed by atoms with E-state index in [1.54, 1.807) is 6.08 Å². The molecule has 118 valence electrons. The first-order chi connectivity index (χ1) is 10.7. The Bertz CT molecular complexity index is 506. The minimum absolute atomic E-state index is 0.0689. The van der Waals surface area contributed by atoms with Crippen molar-refractivity contribution in [2.24, 2.45) is 5.92 Å². The lowest BCUT2D eigenvalue weighted by Gasteiger charge is -2.19. The standard InChI is InChI=1S/C18H23NO3/c1-2-8-16(17(20)15-11-6-7-12-15)19-18(21)22-13-14-9-4-3-5-10-14/h2-5,9-10,15-16H,1,6-8,11-13H2,(H,19,21). The van der Waals surface area contributed by atoms with Crippen molar-refractivity contribution in [2.75, 3.05) is 0 Å². The van der Waals surface area contributed by atoms with Gasteiger partial charge in [-0.2, -0.15) is 0 Å².